The number of nitrogens with zero attached hydrogens (tertiary/aromatic N) is 3. The van der Waals surface area contributed by atoms with E-state index in [1.807, 2.05) is 0 Å². The summed E-state index contributed by atoms with van der Waals surface area (Å²) in [5.41, 5.74) is 0.751. The maximum Gasteiger partial charge on any atom is 0.295 e. The van der Waals surface area contributed by atoms with Crippen LogP contribution in [0.3, 0.4) is 0 Å². The van der Waals surface area contributed by atoms with Gasteiger partial charge in [-0.15, -0.1) is 0 Å². The molecule has 2 heterocycles. The summed E-state index contributed by atoms with van der Waals surface area (Å²) in [7, 11) is 0. The van der Waals surface area contributed by atoms with E-state index in [1.54, 1.807) is 43.6 Å². The molecule has 1 N–H and O–H groups in total. The van der Waals surface area contributed by atoms with Crippen LogP contribution in [0.1, 0.15) is 29.7 Å². The summed E-state index contributed by atoms with van der Waals surface area (Å²) in [5, 5.41) is 22.8. The van der Waals surface area contributed by atoms with Crippen LogP contribution in [0.2, 0.25) is 5.02 Å². The van der Waals surface area contributed by atoms with Crippen molar-refractivity contribution in [2.75, 3.05) is 6.61 Å². The first-order chi connectivity index (χ1) is 16.8. The van der Waals surface area contributed by atoms with Gasteiger partial charge < -0.3 is 14.7 Å². The Bertz CT molecular complexity index is 1340. The standard InChI is InChI=1S/C25H20ClN3O6/c1-2-35-20-9-8-17(12-19(20)26)23(30)21-22(16-6-3-7-18(11-16)29(33)34)28(25(32)24(21)31)14-15-5-4-10-27-13-15/h3-13,22,30H,2,14H2,1H3/b23-21+/t22-/m1/s1. The number of amides is 1. The number of hydrogen-bond donors (Lipinski definition) is 1. The van der Waals surface area contributed by atoms with Crippen LogP contribution in [0.25, 0.3) is 5.76 Å². The molecule has 1 fully saturated rings. The van der Waals surface area contributed by atoms with Crippen LogP contribution in [0.4, 0.5) is 5.69 Å². The second kappa shape index (κ2) is 9.94. The number of rotatable bonds is 7. The molecule has 1 atom stereocenters. The molecule has 1 aliphatic heterocycles. The molecule has 1 aromatic heterocycles. The maximum atomic E-state index is 13.2. The number of aromatic nitrogens is 1. The van der Waals surface area contributed by atoms with Crippen LogP contribution in [0.15, 0.2) is 72.6 Å². The molecule has 178 valence electrons. The lowest BCUT2D eigenvalue weighted by Gasteiger charge is -2.25. The van der Waals surface area contributed by atoms with Crippen molar-refractivity contribution < 1.29 is 24.4 Å². The van der Waals surface area contributed by atoms with E-state index in [1.165, 1.54) is 35.2 Å². The normalized spacial score (nSPS) is 17.0. The largest absolute Gasteiger partial charge is 0.507 e. The lowest BCUT2D eigenvalue weighted by Crippen LogP contribution is -2.29. The summed E-state index contributed by atoms with van der Waals surface area (Å²) >= 11 is 6.27. The molecule has 1 saturated heterocycles. The first-order valence-electron chi connectivity index (χ1n) is 10.7. The summed E-state index contributed by atoms with van der Waals surface area (Å²) in [6.45, 7) is 2.19. The van der Waals surface area contributed by atoms with Crippen LogP contribution in [-0.4, -0.2) is 38.2 Å². The van der Waals surface area contributed by atoms with E-state index in [-0.39, 0.29) is 28.4 Å². The number of aliphatic hydroxyl groups is 1. The first-order valence-corrected chi connectivity index (χ1v) is 11.0. The Morgan fingerprint density at radius 2 is 2.00 bits per heavy atom. The number of pyridine rings is 1. The first kappa shape index (κ1) is 23.9. The Morgan fingerprint density at radius 3 is 2.66 bits per heavy atom. The smallest absolute Gasteiger partial charge is 0.295 e. The highest BCUT2D eigenvalue weighted by Gasteiger charge is 2.46. The van der Waals surface area contributed by atoms with Gasteiger partial charge in [-0.2, -0.15) is 0 Å². The molecule has 0 spiro atoms. The molecule has 0 radical (unpaired) electrons. The number of Topliss-reactive ketones (excluding diaryl/α,β-unsaturated/α-hetero) is 1. The van der Waals surface area contributed by atoms with E-state index in [9.17, 15) is 24.8 Å². The van der Waals surface area contributed by atoms with Crippen molar-refractivity contribution in [3.8, 4) is 5.75 Å². The van der Waals surface area contributed by atoms with Gasteiger partial charge in [-0.3, -0.25) is 24.7 Å². The second-order valence-corrected chi connectivity index (χ2v) is 8.13. The molecule has 35 heavy (non-hydrogen) atoms. The SMILES string of the molecule is CCOc1ccc(/C(O)=C2\C(=O)C(=O)N(Cc3cccnc3)[C@@H]2c2cccc([N+](=O)[O-])c2)cc1Cl. The summed E-state index contributed by atoms with van der Waals surface area (Å²) in [5.74, 6) is -1.80. The zero-order chi connectivity index (χ0) is 25.1. The van der Waals surface area contributed by atoms with Crippen molar-refractivity contribution in [1.82, 2.24) is 9.88 Å². The van der Waals surface area contributed by atoms with Gasteiger partial charge >= 0.3 is 0 Å². The number of benzene rings is 2. The number of ether oxygens (including phenoxy) is 1. The fraction of sp³-hybridized carbons (Fsp3) is 0.160. The minimum atomic E-state index is -1.07. The van der Waals surface area contributed by atoms with Crippen LogP contribution in [-0.2, 0) is 16.1 Å². The van der Waals surface area contributed by atoms with Gasteiger partial charge in [0.05, 0.1) is 28.2 Å². The number of non-ortho nitro benzene ring substituents is 1. The summed E-state index contributed by atoms with van der Waals surface area (Å²) in [4.78, 5) is 42.4. The average molecular weight is 494 g/mol. The molecule has 10 heteroatoms. The van der Waals surface area contributed by atoms with Crippen molar-refractivity contribution in [3.63, 3.8) is 0 Å². The highest BCUT2D eigenvalue weighted by Crippen LogP contribution is 2.41. The van der Waals surface area contributed by atoms with E-state index in [0.717, 1.165) is 0 Å². The number of carbonyl (C=O) groups is 2. The van der Waals surface area contributed by atoms with Gasteiger partial charge in [0, 0.05) is 36.6 Å². The predicted octanol–water partition coefficient (Wildman–Crippen LogP) is 4.66. The maximum absolute atomic E-state index is 13.2. The number of hydrogen-bond acceptors (Lipinski definition) is 7. The zero-order valence-electron chi connectivity index (χ0n) is 18.6. The van der Waals surface area contributed by atoms with E-state index in [0.29, 0.717) is 23.5 Å². The third-order valence-electron chi connectivity index (χ3n) is 5.52. The summed E-state index contributed by atoms with van der Waals surface area (Å²) in [6.07, 6.45) is 3.13. The van der Waals surface area contributed by atoms with Gasteiger partial charge in [0.1, 0.15) is 11.5 Å². The number of nitro groups is 1. The zero-order valence-corrected chi connectivity index (χ0v) is 19.3. The van der Waals surface area contributed by atoms with Gasteiger partial charge in [-0.25, -0.2) is 0 Å². The minimum Gasteiger partial charge on any atom is -0.507 e. The molecule has 0 saturated carbocycles. The fourth-order valence-electron chi connectivity index (χ4n) is 3.96. The third kappa shape index (κ3) is 4.71. The van der Waals surface area contributed by atoms with Gasteiger partial charge in [-0.1, -0.05) is 29.8 Å². The van der Waals surface area contributed by atoms with Gasteiger partial charge in [0.2, 0.25) is 0 Å². The quantitative estimate of drug-likeness (QED) is 0.167. The van der Waals surface area contributed by atoms with Crippen LogP contribution < -0.4 is 4.74 Å². The number of likely N-dealkylation sites (tertiary alicyclic amines) is 1. The number of halogens is 1. The molecule has 0 aliphatic carbocycles. The predicted molar refractivity (Wildman–Crippen MR) is 128 cm³/mol. The molecule has 9 nitrogen and oxygen atoms in total. The van der Waals surface area contributed by atoms with E-state index in [2.05, 4.69) is 4.98 Å². The van der Waals surface area contributed by atoms with E-state index < -0.39 is 28.4 Å². The molecular weight excluding hydrogens is 474 g/mol. The van der Waals surface area contributed by atoms with E-state index >= 15 is 0 Å². The van der Waals surface area contributed by atoms with Crippen molar-refractivity contribution in [1.29, 1.82) is 0 Å². The number of ketones is 1. The number of aliphatic hydroxyl groups excluding tert-OH is 1. The molecule has 1 amide bonds. The lowest BCUT2D eigenvalue weighted by molar-refractivity contribution is -0.384. The Hall–Kier alpha value is -4.24. The molecular formula is C25H20ClN3O6. The van der Waals surface area contributed by atoms with Crippen LogP contribution in [0, 0.1) is 10.1 Å². The monoisotopic (exact) mass is 493 g/mol. The third-order valence-corrected chi connectivity index (χ3v) is 5.81. The van der Waals surface area contributed by atoms with Crippen molar-refractivity contribution in [3.05, 3.63) is 104 Å². The Labute approximate surface area is 205 Å². The number of carbonyl (C=O) groups excluding carboxylic acids is 2. The molecule has 2 aromatic carbocycles. The van der Waals surface area contributed by atoms with Gasteiger partial charge in [0.25, 0.3) is 17.4 Å². The minimum absolute atomic E-state index is 0.00653. The molecule has 1 aliphatic rings. The summed E-state index contributed by atoms with van der Waals surface area (Å²) in [6, 6.07) is 12.5. The summed E-state index contributed by atoms with van der Waals surface area (Å²) < 4.78 is 5.42. The molecule has 3 aromatic rings. The fourth-order valence-corrected chi connectivity index (χ4v) is 4.20. The van der Waals surface area contributed by atoms with Crippen molar-refractivity contribution in [2.24, 2.45) is 0 Å². The van der Waals surface area contributed by atoms with E-state index in [4.69, 9.17) is 16.3 Å². The Balaban J connectivity index is 1.87. The molecule has 0 unspecified atom stereocenters. The highest BCUT2D eigenvalue weighted by molar-refractivity contribution is 6.46. The Morgan fingerprint density at radius 1 is 1.20 bits per heavy atom. The molecule has 0 bridgehead atoms. The van der Waals surface area contributed by atoms with Gasteiger partial charge in [-0.05, 0) is 42.3 Å². The van der Waals surface area contributed by atoms with Gasteiger partial charge in [0.15, 0.2) is 0 Å². The second-order valence-electron chi connectivity index (χ2n) is 7.72. The van der Waals surface area contributed by atoms with Crippen LogP contribution in [0.5, 0.6) is 5.75 Å². The van der Waals surface area contributed by atoms with Crippen LogP contribution >= 0.6 is 11.6 Å². The molecule has 4 rings (SSSR count). The lowest BCUT2D eigenvalue weighted by atomic mass is 9.95. The van der Waals surface area contributed by atoms with Crippen molar-refractivity contribution >= 4 is 34.7 Å². The number of nitro benzene ring substituents is 1. The Kier molecular flexibility index (Phi) is 6.79. The van der Waals surface area contributed by atoms with Crippen molar-refractivity contribution in [2.45, 2.75) is 19.5 Å². The average Bonchev–Trinajstić information content (AvgIpc) is 3.10. The highest BCUT2D eigenvalue weighted by atomic mass is 35.5. The topological polar surface area (TPSA) is 123 Å².